The number of likely N-dealkylation sites (tertiary alicyclic amines) is 1. The summed E-state index contributed by atoms with van der Waals surface area (Å²) in [7, 11) is 3.75. The summed E-state index contributed by atoms with van der Waals surface area (Å²) in [5.74, 6) is 2.39. The zero-order chi connectivity index (χ0) is 24.6. The van der Waals surface area contributed by atoms with E-state index >= 15 is 0 Å². The molecule has 5 rings (SSSR count). The number of benzene rings is 1. The normalized spacial score (nSPS) is 15.9. The van der Waals surface area contributed by atoms with Gasteiger partial charge in [0, 0.05) is 36.3 Å². The third-order valence-electron chi connectivity index (χ3n) is 7.14. The molecule has 1 saturated heterocycles. The molecule has 2 fully saturated rings. The van der Waals surface area contributed by atoms with Crippen LogP contribution in [0, 0.1) is 18.8 Å². The fraction of sp³-hybridized carbons (Fsp3) is 0.571. The molecule has 2 aliphatic rings. The number of piperidine rings is 1. The molecule has 2 aromatic heterocycles. The van der Waals surface area contributed by atoms with Gasteiger partial charge in [-0.15, -0.1) is 24.8 Å². The van der Waals surface area contributed by atoms with Crippen molar-refractivity contribution in [2.75, 3.05) is 40.3 Å². The second-order valence-corrected chi connectivity index (χ2v) is 10.0. The lowest BCUT2D eigenvalue weighted by molar-refractivity contribution is 0.173. The van der Waals surface area contributed by atoms with Crippen LogP contribution in [0.3, 0.4) is 0 Å². The van der Waals surface area contributed by atoms with Crippen LogP contribution in [0.15, 0.2) is 45.8 Å². The average Bonchev–Trinajstić information content (AvgIpc) is 3.61. The first-order valence-corrected chi connectivity index (χ1v) is 13.1. The number of fused-ring (bicyclic) bond motifs is 1. The molecule has 0 spiro atoms. The Kier molecular flexibility index (Phi) is 12.9. The molecule has 3 aromatic rings. The third kappa shape index (κ3) is 8.74. The first kappa shape index (κ1) is 31.2. The van der Waals surface area contributed by atoms with Gasteiger partial charge in [0.05, 0.1) is 12.3 Å². The molecule has 37 heavy (non-hydrogen) atoms. The van der Waals surface area contributed by atoms with Gasteiger partial charge in [-0.25, -0.2) is 0 Å². The van der Waals surface area contributed by atoms with Crippen molar-refractivity contribution in [1.29, 1.82) is 0 Å². The lowest BCUT2D eigenvalue weighted by Crippen LogP contribution is -2.37. The van der Waals surface area contributed by atoms with Crippen LogP contribution in [-0.2, 0) is 13.0 Å². The smallest absolute Gasteiger partial charge is 0.250 e. The molecule has 3 heterocycles. The van der Waals surface area contributed by atoms with Crippen LogP contribution in [0.4, 0.5) is 0 Å². The van der Waals surface area contributed by atoms with Crippen molar-refractivity contribution in [2.45, 2.75) is 52.0 Å². The number of halogens is 2. The first-order valence-electron chi connectivity index (χ1n) is 13.1. The standard InChI is InChI=1S/C26H33N3O3.C2H7N.2ClH/c1-19-24(31-18-21-5-6-21)10-8-22-23(27-32-26(19)22)9-7-20-11-14-28(15-12-20)16-17-29-13-3-2-4-25(29)30;1-3-2;;/h2-4,8,10,13,20-21H,5-7,9,11-12,14-18H2,1H3;3H,1-2H3;2*1H. The molecule has 0 atom stereocenters. The molecule has 1 saturated carbocycles. The van der Waals surface area contributed by atoms with Gasteiger partial charge < -0.3 is 24.0 Å². The topological polar surface area (TPSA) is 72.5 Å². The minimum Gasteiger partial charge on any atom is -0.493 e. The van der Waals surface area contributed by atoms with Gasteiger partial charge in [0.1, 0.15) is 5.75 Å². The van der Waals surface area contributed by atoms with E-state index in [1.165, 1.54) is 25.7 Å². The number of nitrogens with zero attached hydrogens (tertiary/aromatic N) is 3. The van der Waals surface area contributed by atoms with Crippen LogP contribution < -0.4 is 15.6 Å². The van der Waals surface area contributed by atoms with E-state index in [9.17, 15) is 4.79 Å². The van der Waals surface area contributed by atoms with E-state index < -0.39 is 0 Å². The second kappa shape index (κ2) is 15.4. The van der Waals surface area contributed by atoms with Crippen molar-refractivity contribution < 1.29 is 9.26 Å². The van der Waals surface area contributed by atoms with Gasteiger partial charge in [-0.1, -0.05) is 11.2 Å². The monoisotopic (exact) mass is 552 g/mol. The predicted molar refractivity (Wildman–Crippen MR) is 155 cm³/mol. The molecule has 0 radical (unpaired) electrons. The summed E-state index contributed by atoms with van der Waals surface area (Å²) in [6.07, 6.45) is 8.97. The molecule has 7 nitrogen and oxygen atoms in total. The van der Waals surface area contributed by atoms with E-state index in [4.69, 9.17) is 9.26 Å². The fourth-order valence-corrected chi connectivity index (χ4v) is 4.73. The Labute approximate surface area is 232 Å². The van der Waals surface area contributed by atoms with Gasteiger partial charge in [-0.05, 0) is 103 Å². The molecule has 0 bridgehead atoms. The Morgan fingerprint density at radius 2 is 1.76 bits per heavy atom. The van der Waals surface area contributed by atoms with Crippen LogP contribution in [-0.4, -0.2) is 55.0 Å². The van der Waals surface area contributed by atoms with E-state index in [1.54, 1.807) is 16.7 Å². The average molecular weight is 554 g/mol. The van der Waals surface area contributed by atoms with Gasteiger partial charge in [-0.2, -0.15) is 0 Å². The molecule has 0 amide bonds. The Morgan fingerprint density at radius 3 is 2.43 bits per heavy atom. The van der Waals surface area contributed by atoms with Crippen LogP contribution >= 0.6 is 24.8 Å². The highest BCUT2D eigenvalue weighted by atomic mass is 35.5. The van der Waals surface area contributed by atoms with Crippen LogP contribution in [0.25, 0.3) is 11.0 Å². The van der Waals surface area contributed by atoms with Gasteiger partial charge in [0.15, 0.2) is 5.58 Å². The molecule has 1 aliphatic heterocycles. The lowest BCUT2D eigenvalue weighted by Gasteiger charge is -2.32. The minimum atomic E-state index is 0. The fourth-order valence-electron chi connectivity index (χ4n) is 4.73. The summed E-state index contributed by atoms with van der Waals surface area (Å²) in [5, 5.41) is 8.28. The number of aryl methyl sites for hydroxylation is 2. The van der Waals surface area contributed by atoms with Crippen molar-refractivity contribution >= 4 is 35.8 Å². The summed E-state index contributed by atoms with van der Waals surface area (Å²) in [6, 6.07) is 9.54. The number of hydrogen-bond acceptors (Lipinski definition) is 6. The van der Waals surface area contributed by atoms with E-state index in [-0.39, 0.29) is 30.4 Å². The maximum Gasteiger partial charge on any atom is 0.250 e. The third-order valence-corrected chi connectivity index (χ3v) is 7.14. The first-order chi connectivity index (χ1) is 17.1. The highest BCUT2D eigenvalue weighted by molar-refractivity contribution is 5.86. The SMILES string of the molecule is CNC.Cc1c(OCC2CC2)ccc2c(CCC3CCN(CCn4ccccc4=O)CC3)noc12.Cl.Cl. The van der Waals surface area contributed by atoms with Crippen molar-refractivity contribution in [3.8, 4) is 5.75 Å². The lowest BCUT2D eigenvalue weighted by atomic mass is 9.91. The Bertz CT molecular complexity index is 1140. The number of nitrogens with one attached hydrogen (secondary N) is 1. The summed E-state index contributed by atoms with van der Waals surface area (Å²) in [5.41, 5.74) is 3.09. The molecule has 1 aliphatic carbocycles. The van der Waals surface area contributed by atoms with Gasteiger partial charge >= 0.3 is 0 Å². The van der Waals surface area contributed by atoms with Crippen molar-refractivity contribution in [2.24, 2.45) is 11.8 Å². The van der Waals surface area contributed by atoms with E-state index in [1.807, 2.05) is 26.4 Å². The van der Waals surface area contributed by atoms with Crippen LogP contribution in [0.2, 0.25) is 0 Å². The number of aromatic nitrogens is 2. The minimum absolute atomic E-state index is 0. The number of hydrogen-bond donors (Lipinski definition) is 1. The Balaban J connectivity index is 0.000000919. The van der Waals surface area contributed by atoms with Crippen molar-refractivity contribution in [1.82, 2.24) is 19.9 Å². The molecular weight excluding hydrogens is 511 g/mol. The molecule has 9 heteroatoms. The van der Waals surface area contributed by atoms with Gasteiger partial charge in [-0.3, -0.25) is 4.79 Å². The molecule has 206 valence electrons. The van der Waals surface area contributed by atoms with Crippen LogP contribution in [0.1, 0.15) is 43.4 Å². The summed E-state index contributed by atoms with van der Waals surface area (Å²) >= 11 is 0. The van der Waals surface area contributed by atoms with Crippen molar-refractivity contribution in [3.63, 3.8) is 0 Å². The zero-order valence-corrected chi connectivity index (χ0v) is 23.9. The maximum absolute atomic E-state index is 11.9. The van der Waals surface area contributed by atoms with E-state index in [0.29, 0.717) is 0 Å². The summed E-state index contributed by atoms with van der Waals surface area (Å²) in [4.78, 5) is 14.3. The molecule has 0 unspecified atom stereocenters. The van der Waals surface area contributed by atoms with Crippen molar-refractivity contribution in [3.05, 3.63) is 58.1 Å². The van der Waals surface area contributed by atoms with Gasteiger partial charge in [0.25, 0.3) is 5.56 Å². The van der Waals surface area contributed by atoms with Gasteiger partial charge in [0.2, 0.25) is 0 Å². The predicted octanol–water partition coefficient (Wildman–Crippen LogP) is 5.11. The highest BCUT2D eigenvalue weighted by Gasteiger charge is 2.23. The maximum atomic E-state index is 11.9. The van der Waals surface area contributed by atoms with E-state index in [2.05, 4.69) is 34.4 Å². The highest BCUT2D eigenvalue weighted by Crippen LogP contribution is 2.34. The zero-order valence-electron chi connectivity index (χ0n) is 22.3. The van der Waals surface area contributed by atoms with Crippen LogP contribution in [0.5, 0.6) is 5.75 Å². The summed E-state index contributed by atoms with van der Waals surface area (Å²) in [6.45, 7) is 6.79. The Morgan fingerprint density at radius 1 is 1.03 bits per heavy atom. The number of pyridine rings is 1. The molecule has 1 aromatic carbocycles. The summed E-state index contributed by atoms with van der Waals surface area (Å²) < 4.78 is 13.5. The second-order valence-electron chi connectivity index (χ2n) is 10.0. The number of rotatable bonds is 9. The van der Waals surface area contributed by atoms with E-state index in [0.717, 1.165) is 85.4 Å². The quantitative estimate of drug-likeness (QED) is 0.397. The molecular formula is C28H42Cl2N4O3. The largest absolute Gasteiger partial charge is 0.493 e. The molecule has 1 N–H and O–H groups in total. The number of ether oxygens (including phenoxy) is 1. The Hall–Kier alpha value is -2.06.